The van der Waals surface area contributed by atoms with Crippen molar-refractivity contribution in [2.24, 2.45) is 11.3 Å². The zero-order valence-corrected chi connectivity index (χ0v) is 15.2. The monoisotopic (exact) mass is 325 g/mol. The van der Waals surface area contributed by atoms with Crippen LogP contribution in [0.5, 0.6) is 0 Å². The average molecular weight is 326 g/mol. The Labute approximate surface area is 139 Å². The number of ether oxygens (including phenoxy) is 2. The molecule has 4 fully saturated rings. The second-order valence-electron chi connectivity index (χ2n) is 8.77. The molecule has 0 radical (unpaired) electrons. The maximum atomic E-state index is 6.30. The van der Waals surface area contributed by atoms with Crippen LogP contribution in [0.25, 0.3) is 0 Å². The van der Waals surface area contributed by atoms with Crippen molar-refractivity contribution >= 4 is 11.8 Å². The zero-order chi connectivity index (χ0) is 15.4. The fourth-order valence-corrected chi connectivity index (χ4v) is 6.45. The highest BCUT2D eigenvalue weighted by atomic mass is 32.2. The van der Waals surface area contributed by atoms with Crippen LogP contribution in [0.3, 0.4) is 0 Å². The molecule has 3 saturated heterocycles. The van der Waals surface area contributed by atoms with Crippen LogP contribution in [-0.4, -0.2) is 60.5 Å². The molecule has 4 aliphatic rings. The molecule has 22 heavy (non-hydrogen) atoms. The van der Waals surface area contributed by atoms with Crippen LogP contribution in [0.2, 0.25) is 0 Å². The Hall–Kier alpha value is 0.230. The molecule has 1 saturated carbocycles. The fourth-order valence-electron chi connectivity index (χ4n) is 4.93. The predicted octanol–water partition coefficient (Wildman–Crippen LogP) is 3.18. The van der Waals surface area contributed by atoms with Gasteiger partial charge in [-0.3, -0.25) is 4.90 Å². The van der Waals surface area contributed by atoms with Gasteiger partial charge in [0.25, 0.3) is 0 Å². The largest absolute Gasteiger partial charge is 0.380 e. The van der Waals surface area contributed by atoms with Gasteiger partial charge in [-0.25, -0.2) is 0 Å². The van der Waals surface area contributed by atoms with E-state index in [9.17, 15) is 0 Å². The molecule has 3 heterocycles. The average Bonchev–Trinajstić information content (AvgIpc) is 2.98. The van der Waals surface area contributed by atoms with E-state index < -0.39 is 0 Å². The Morgan fingerprint density at radius 3 is 2.41 bits per heavy atom. The van der Waals surface area contributed by atoms with Crippen molar-refractivity contribution in [3.05, 3.63) is 0 Å². The number of thioether (sulfide) groups is 1. The van der Waals surface area contributed by atoms with Gasteiger partial charge in [0.15, 0.2) is 0 Å². The standard InChI is InChI=1S/C18H31NO2S/c1-14(2)18-8-17(12-21-18,19(3)9-18)13-22-15-4-6-16(7-5-15)10-20-11-16/h14-15H,4-13H2,1-3H3/t17-,18-/m0/s1. The van der Waals surface area contributed by atoms with Crippen molar-refractivity contribution in [1.29, 1.82) is 0 Å². The van der Waals surface area contributed by atoms with Gasteiger partial charge in [0.2, 0.25) is 0 Å². The van der Waals surface area contributed by atoms with E-state index in [4.69, 9.17) is 9.47 Å². The summed E-state index contributed by atoms with van der Waals surface area (Å²) < 4.78 is 11.8. The molecule has 0 amide bonds. The zero-order valence-electron chi connectivity index (χ0n) is 14.4. The van der Waals surface area contributed by atoms with Crippen molar-refractivity contribution < 1.29 is 9.47 Å². The van der Waals surface area contributed by atoms with Crippen molar-refractivity contribution in [1.82, 2.24) is 4.90 Å². The highest BCUT2D eigenvalue weighted by molar-refractivity contribution is 8.00. The molecular formula is C18H31NO2S. The van der Waals surface area contributed by atoms with E-state index >= 15 is 0 Å². The molecule has 4 heteroatoms. The van der Waals surface area contributed by atoms with Crippen molar-refractivity contribution in [3.8, 4) is 0 Å². The minimum Gasteiger partial charge on any atom is -0.380 e. The second kappa shape index (κ2) is 5.37. The molecule has 0 aromatic heterocycles. The summed E-state index contributed by atoms with van der Waals surface area (Å²) in [5, 5.41) is 0.864. The number of nitrogens with zero attached hydrogens (tertiary/aromatic N) is 1. The molecule has 0 aromatic carbocycles. The number of likely N-dealkylation sites (tertiary alicyclic amines) is 1. The minimum absolute atomic E-state index is 0.134. The molecule has 0 N–H and O–H groups in total. The third kappa shape index (κ3) is 2.37. The number of rotatable bonds is 4. The maximum absolute atomic E-state index is 6.30. The van der Waals surface area contributed by atoms with Crippen molar-refractivity contribution in [3.63, 3.8) is 0 Å². The fraction of sp³-hybridized carbons (Fsp3) is 1.00. The number of fused-ring (bicyclic) bond motifs is 2. The third-order valence-corrected chi connectivity index (χ3v) is 8.67. The highest BCUT2D eigenvalue weighted by Gasteiger charge is 2.60. The topological polar surface area (TPSA) is 21.7 Å². The third-order valence-electron chi connectivity index (χ3n) is 7.02. The Bertz CT molecular complexity index is 429. The van der Waals surface area contributed by atoms with Gasteiger partial charge < -0.3 is 9.47 Å². The molecule has 3 nitrogen and oxygen atoms in total. The molecule has 1 aliphatic carbocycles. The Morgan fingerprint density at radius 1 is 1.18 bits per heavy atom. The first-order valence-corrected chi connectivity index (χ1v) is 10.1. The summed E-state index contributed by atoms with van der Waals surface area (Å²) in [6.07, 6.45) is 6.81. The van der Waals surface area contributed by atoms with Gasteiger partial charge in [0.05, 0.1) is 31.0 Å². The number of morpholine rings is 1. The first kappa shape index (κ1) is 15.7. The van der Waals surface area contributed by atoms with Crippen LogP contribution in [0.4, 0.5) is 0 Å². The first-order chi connectivity index (χ1) is 10.5. The molecule has 2 bridgehead atoms. The molecule has 126 valence electrons. The minimum atomic E-state index is 0.134. The maximum Gasteiger partial charge on any atom is 0.0851 e. The van der Waals surface area contributed by atoms with Gasteiger partial charge in [0.1, 0.15) is 0 Å². The van der Waals surface area contributed by atoms with E-state index in [2.05, 4.69) is 37.6 Å². The van der Waals surface area contributed by atoms with Crippen LogP contribution < -0.4 is 0 Å². The first-order valence-electron chi connectivity index (χ1n) is 9.02. The van der Waals surface area contributed by atoms with Crippen LogP contribution in [0.1, 0.15) is 46.0 Å². The smallest absolute Gasteiger partial charge is 0.0851 e. The van der Waals surface area contributed by atoms with Gasteiger partial charge in [-0.2, -0.15) is 11.8 Å². The second-order valence-corrected chi connectivity index (χ2v) is 10.1. The lowest BCUT2D eigenvalue weighted by atomic mass is 9.72. The molecule has 0 unspecified atom stereocenters. The molecule has 0 aromatic rings. The number of hydrogen-bond donors (Lipinski definition) is 0. The molecule has 1 spiro atoms. The van der Waals surface area contributed by atoms with E-state index in [1.54, 1.807) is 0 Å². The van der Waals surface area contributed by atoms with Gasteiger partial charge in [-0.05, 0) is 45.1 Å². The van der Waals surface area contributed by atoms with Crippen molar-refractivity contribution in [2.75, 3.05) is 39.2 Å². The number of hydrogen-bond acceptors (Lipinski definition) is 4. The summed E-state index contributed by atoms with van der Waals surface area (Å²) in [5.41, 5.74) is 1.03. The van der Waals surface area contributed by atoms with Crippen LogP contribution >= 0.6 is 11.8 Å². The summed E-state index contributed by atoms with van der Waals surface area (Å²) in [6, 6.07) is 0. The van der Waals surface area contributed by atoms with Crippen LogP contribution in [-0.2, 0) is 9.47 Å². The van der Waals surface area contributed by atoms with E-state index in [-0.39, 0.29) is 5.60 Å². The lowest BCUT2D eigenvalue weighted by Crippen LogP contribution is -2.51. The molecule has 4 rings (SSSR count). The molecule has 3 aliphatic heterocycles. The summed E-state index contributed by atoms with van der Waals surface area (Å²) >= 11 is 2.23. The lowest BCUT2D eigenvalue weighted by molar-refractivity contribution is -0.130. The van der Waals surface area contributed by atoms with Gasteiger partial charge in [0, 0.05) is 23.0 Å². The van der Waals surface area contributed by atoms with Crippen LogP contribution in [0, 0.1) is 11.3 Å². The Balaban J connectivity index is 1.32. The van der Waals surface area contributed by atoms with E-state index in [0.717, 1.165) is 31.6 Å². The molecule has 2 atom stereocenters. The summed E-state index contributed by atoms with van der Waals surface area (Å²) in [7, 11) is 2.31. The predicted molar refractivity (Wildman–Crippen MR) is 91.5 cm³/mol. The van der Waals surface area contributed by atoms with E-state index in [1.165, 1.54) is 37.9 Å². The summed E-state index contributed by atoms with van der Waals surface area (Å²) in [5.74, 6) is 1.88. The van der Waals surface area contributed by atoms with Crippen LogP contribution in [0.15, 0.2) is 0 Å². The van der Waals surface area contributed by atoms with Gasteiger partial charge >= 0.3 is 0 Å². The lowest BCUT2D eigenvalue weighted by Gasteiger charge is -2.46. The molecular weight excluding hydrogens is 294 g/mol. The van der Waals surface area contributed by atoms with Gasteiger partial charge in [-0.1, -0.05) is 13.8 Å². The number of likely N-dealkylation sites (N-methyl/N-ethyl adjacent to an activating group) is 1. The summed E-state index contributed by atoms with van der Waals surface area (Å²) in [6.45, 7) is 8.77. The van der Waals surface area contributed by atoms with E-state index in [0.29, 0.717) is 16.9 Å². The van der Waals surface area contributed by atoms with Crippen molar-refractivity contribution in [2.45, 2.75) is 62.3 Å². The highest BCUT2D eigenvalue weighted by Crippen LogP contribution is 2.51. The SMILES string of the molecule is CC(C)[C@]12CN(C)[C@](CSC3CCC4(CC3)COC4)(CO1)C2. The Kier molecular flexibility index (Phi) is 3.84. The quantitative estimate of drug-likeness (QED) is 0.791. The van der Waals surface area contributed by atoms with Gasteiger partial charge in [-0.15, -0.1) is 0 Å². The van der Waals surface area contributed by atoms with E-state index in [1.807, 2.05) is 0 Å². The Morgan fingerprint density at radius 2 is 1.91 bits per heavy atom. The normalized spacial score (nSPS) is 41.5. The summed E-state index contributed by atoms with van der Waals surface area (Å²) in [4.78, 5) is 2.60.